The van der Waals surface area contributed by atoms with Crippen molar-refractivity contribution in [2.75, 3.05) is 20.1 Å². The average molecular weight is 192 g/mol. The van der Waals surface area contributed by atoms with E-state index in [1.54, 1.807) is 11.9 Å². The monoisotopic (exact) mass is 192 g/mol. The van der Waals surface area contributed by atoms with E-state index >= 15 is 0 Å². The molecule has 0 radical (unpaired) electrons. The predicted molar refractivity (Wildman–Crippen MR) is 56.8 cm³/mol. The average Bonchev–Trinajstić information content (AvgIpc) is 2.19. The molecule has 0 atom stereocenters. The van der Waals surface area contributed by atoms with Crippen LogP contribution in [0.2, 0.25) is 0 Å². The van der Waals surface area contributed by atoms with E-state index < -0.39 is 0 Å². The molecule has 14 heavy (non-hydrogen) atoms. The van der Waals surface area contributed by atoms with Gasteiger partial charge in [0.1, 0.15) is 0 Å². The molecule has 2 N–H and O–H groups in total. The third-order valence-electron chi connectivity index (χ3n) is 2.09. The fourth-order valence-corrected chi connectivity index (χ4v) is 1.22. The topological polar surface area (TPSA) is 46.3 Å². The van der Waals surface area contributed by atoms with Crippen LogP contribution < -0.4 is 5.73 Å². The van der Waals surface area contributed by atoms with Crippen molar-refractivity contribution in [3.05, 3.63) is 35.9 Å². The molecule has 0 aliphatic rings. The van der Waals surface area contributed by atoms with Crippen molar-refractivity contribution in [2.24, 2.45) is 5.73 Å². The second kappa shape index (κ2) is 5.40. The van der Waals surface area contributed by atoms with Gasteiger partial charge in [-0.2, -0.15) is 0 Å². The van der Waals surface area contributed by atoms with E-state index in [4.69, 9.17) is 5.73 Å². The SMILES string of the molecule is CN(CCN)C(=O)Cc1ccccc1. The predicted octanol–water partition coefficient (Wildman–Crippen LogP) is 0.646. The zero-order chi connectivity index (χ0) is 10.4. The van der Waals surface area contributed by atoms with Gasteiger partial charge in [0.15, 0.2) is 0 Å². The van der Waals surface area contributed by atoms with Crippen molar-refractivity contribution in [3.8, 4) is 0 Å². The summed E-state index contributed by atoms with van der Waals surface area (Å²) in [5, 5.41) is 0. The fourth-order valence-electron chi connectivity index (χ4n) is 1.22. The van der Waals surface area contributed by atoms with Gasteiger partial charge in [0.05, 0.1) is 6.42 Å². The Hall–Kier alpha value is -1.35. The van der Waals surface area contributed by atoms with Gasteiger partial charge in [0.2, 0.25) is 5.91 Å². The first-order valence-electron chi connectivity index (χ1n) is 4.72. The summed E-state index contributed by atoms with van der Waals surface area (Å²) >= 11 is 0. The standard InChI is InChI=1S/C11H16N2O/c1-13(8-7-12)11(14)9-10-5-3-2-4-6-10/h2-6H,7-9,12H2,1H3. The van der Waals surface area contributed by atoms with Gasteiger partial charge in [-0.05, 0) is 5.56 Å². The molecule has 1 rings (SSSR count). The minimum Gasteiger partial charge on any atom is -0.344 e. The summed E-state index contributed by atoms with van der Waals surface area (Å²) in [5.74, 6) is 0.113. The molecule has 76 valence electrons. The lowest BCUT2D eigenvalue weighted by molar-refractivity contribution is -0.129. The second-order valence-corrected chi connectivity index (χ2v) is 3.27. The minimum atomic E-state index is 0.113. The quantitative estimate of drug-likeness (QED) is 0.761. The molecule has 3 nitrogen and oxygen atoms in total. The molecule has 1 amide bonds. The number of rotatable bonds is 4. The molecule has 0 bridgehead atoms. The van der Waals surface area contributed by atoms with Crippen LogP contribution in [0.5, 0.6) is 0 Å². The lowest BCUT2D eigenvalue weighted by Crippen LogP contribution is -2.32. The highest BCUT2D eigenvalue weighted by molar-refractivity contribution is 5.78. The van der Waals surface area contributed by atoms with Crippen LogP contribution in [-0.4, -0.2) is 30.9 Å². The van der Waals surface area contributed by atoms with Gasteiger partial charge in [-0.15, -0.1) is 0 Å². The van der Waals surface area contributed by atoms with E-state index in [-0.39, 0.29) is 5.91 Å². The van der Waals surface area contributed by atoms with Crippen LogP contribution in [0.25, 0.3) is 0 Å². The van der Waals surface area contributed by atoms with Crippen molar-refractivity contribution in [1.82, 2.24) is 4.90 Å². The highest BCUT2D eigenvalue weighted by Crippen LogP contribution is 2.01. The van der Waals surface area contributed by atoms with Crippen LogP contribution in [-0.2, 0) is 11.2 Å². The van der Waals surface area contributed by atoms with E-state index in [1.807, 2.05) is 30.3 Å². The number of amides is 1. The molecular formula is C11H16N2O. The Labute approximate surface area is 84.5 Å². The second-order valence-electron chi connectivity index (χ2n) is 3.27. The van der Waals surface area contributed by atoms with Gasteiger partial charge in [-0.25, -0.2) is 0 Å². The minimum absolute atomic E-state index is 0.113. The van der Waals surface area contributed by atoms with Crippen LogP contribution in [0.15, 0.2) is 30.3 Å². The smallest absolute Gasteiger partial charge is 0.226 e. The highest BCUT2D eigenvalue weighted by atomic mass is 16.2. The van der Waals surface area contributed by atoms with Gasteiger partial charge >= 0.3 is 0 Å². The first-order valence-corrected chi connectivity index (χ1v) is 4.72. The largest absolute Gasteiger partial charge is 0.344 e. The zero-order valence-electron chi connectivity index (χ0n) is 8.44. The van der Waals surface area contributed by atoms with E-state index in [9.17, 15) is 4.79 Å². The summed E-state index contributed by atoms with van der Waals surface area (Å²) < 4.78 is 0. The molecule has 0 aliphatic heterocycles. The molecule has 0 heterocycles. The van der Waals surface area contributed by atoms with E-state index in [2.05, 4.69) is 0 Å². The highest BCUT2D eigenvalue weighted by Gasteiger charge is 2.07. The van der Waals surface area contributed by atoms with E-state index in [0.717, 1.165) is 5.56 Å². The number of nitrogens with zero attached hydrogens (tertiary/aromatic N) is 1. The van der Waals surface area contributed by atoms with Crippen LogP contribution in [0.4, 0.5) is 0 Å². The Balaban J connectivity index is 2.49. The summed E-state index contributed by atoms with van der Waals surface area (Å²) in [6.07, 6.45) is 0.456. The maximum atomic E-state index is 11.6. The summed E-state index contributed by atoms with van der Waals surface area (Å²) in [6, 6.07) is 9.72. The van der Waals surface area contributed by atoms with Crippen molar-refractivity contribution >= 4 is 5.91 Å². The van der Waals surface area contributed by atoms with Crippen LogP contribution in [0.1, 0.15) is 5.56 Å². The summed E-state index contributed by atoms with van der Waals surface area (Å²) in [5.41, 5.74) is 6.41. The molecule has 0 aromatic heterocycles. The Morgan fingerprint density at radius 3 is 2.57 bits per heavy atom. The maximum Gasteiger partial charge on any atom is 0.226 e. The van der Waals surface area contributed by atoms with Gasteiger partial charge < -0.3 is 10.6 Å². The maximum absolute atomic E-state index is 11.6. The van der Waals surface area contributed by atoms with Gasteiger partial charge in [0.25, 0.3) is 0 Å². The third kappa shape index (κ3) is 3.18. The number of hydrogen-bond donors (Lipinski definition) is 1. The Morgan fingerprint density at radius 2 is 2.00 bits per heavy atom. The molecule has 0 aliphatic carbocycles. The van der Waals surface area contributed by atoms with Crippen molar-refractivity contribution < 1.29 is 4.79 Å². The first kappa shape index (κ1) is 10.7. The normalized spacial score (nSPS) is 9.86. The Kier molecular flexibility index (Phi) is 4.13. The number of benzene rings is 1. The number of carbonyl (C=O) groups is 1. The summed E-state index contributed by atoms with van der Waals surface area (Å²) in [4.78, 5) is 13.2. The summed E-state index contributed by atoms with van der Waals surface area (Å²) in [6.45, 7) is 1.13. The van der Waals surface area contributed by atoms with Crippen molar-refractivity contribution in [1.29, 1.82) is 0 Å². The third-order valence-corrected chi connectivity index (χ3v) is 2.09. The number of carbonyl (C=O) groups excluding carboxylic acids is 1. The lowest BCUT2D eigenvalue weighted by atomic mass is 10.1. The molecule has 1 aromatic carbocycles. The lowest BCUT2D eigenvalue weighted by Gasteiger charge is -2.15. The summed E-state index contributed by atoms with van der Waals surface area (Å²) in [7, 11) is 1.78. The first-order chi connectivity index (χ1) is 6.74. The molecule has 0 spiro atoms. The van der Waals surface area contributed by atoms with Crippen LogP contribution in [0, 0.1) is 0 Å². The van der Waals surface area contributed by atoms with Gasteiger partial charge in [-0.3, -0.25) is 4.79 Å². The van der Waals surface area contributed by atoms with Crippen LogP contribution in [0.3, 0.4) is 0 Å². The Morgan fingerprint density at radius 1 is 1.36 bits per heavy atom. The van der Waals surface area contributed by atoms with Gasteiger partial charge in [-0.1, -0.05) is 30.3 Å². The van der Waals surface area contributed by atoms with E-state index in [1.165, 1.54) is 0 Å². The van der Waals surface area contributed by atoms with E-state index in [0.29, 0.717) is 19.5 Å². The number of hydrogen-bond acceptors (Lipinski definition) is 2. The molecule has 0 unspecified atom stereocenters. The molecule has 3 heteroatoms. The zero-order valence-corrected chi connectivity index (χ0v) is 8.44. The molecule has 0 saturated heterocycles. The van der Waals surface area contributed by atoms with Gasteiger partial charge in [0, 0.05) is 20.1 Å². The molecule has 1 aromatic rings. The number of likely N-dealkylation sites (N-methyl/N-ethyl adjacent to an activating group) is 1. The molecule has 0 saturated carbocycles. The van der Waals surface area contributed by atoms with Crippen molar-refractivity contribution in [3.63, 3.8) is 0 Å². The van der Waals surface area contributed by atoms with Crippen LogP contribution >= 0.6 is 0 Å². The molecule has 0 fully saturated rings. The Bertz CT molecular complexity index is 285. The van der Waals surface area contributed by atoms with Crippen molar-refractivity contribution in [2.45, 2.75) is 6.42 Å². The fraction of sp³-hybridized carbons (Fsp3) is 0.364. The number of nitrogens with two attached hydrogens (primary N) is 1. The molecular weight excluding hydrogens is 176 g/mol.